The van der Waals surface area contributed by atoms with E-state index in [1.807, 2.05) is 0 Å². The van der Waals surface area contributed by atoms with Gasteiger partial charge in [0.25, 0.3) is 0 Å². The van der Waals surface area contributed by atoms with E-state index in [0.717, 1.165) is 6.07 Å². The highest BCUT2D eigenvalue weighted by molar-refractivity contribution is 5.66. The van der Waals surface area contributed by atoms with Crippen LogP contribution in [0, 0.1) is 25.5 Å². The summed E-state index contributed by atoms with van der Waals surface area (Å²) in [6, 6.07) is 2.19. The van der Waals surface area contributed by atoms with E-state index in [4.69, 9.17) is 10.3 Å². The Labute approximate surface area is 90.9 Å². The highest BCUT2D eigenvalue weighted by Crippen LogP contribution is 2.30. The molecule has 0 unspecified atom stereocenters. The van der Waals surface area contributed by atoms with E-state index >= 15 is 0 Å². The summed E-state index contributed by atoms with van der Waals surface area (Å²) in [5.41, 5.74) is 6.55. The number of nitrogen functional groups attached to an aromatic ring is 1. The zero-order chi connectivity index (χ0) is 11.9. The summed E-state index contributed by atoms with van der Waals surface area (Å²) in [5, 5.41) is 3.53. The molecule has 5 heteroatoms. The van der Waals surface area contributed by atoms with Crippen LogP contribution < -0.4 is 5.73 Å². The van der Waals surface area contributed by atoms with E-state index in [1.54, 1.807) is 13.8 Å². The topological polar surface area (TPSA) is 52.0 Å². The molecule has 0 saturated carbocycles. The molecular formula is C11H10F2N2O. The predicted octanol–water partition coefficient (Wildman–Crippen LogP) is 2.82. The lowest BCUT2D eigenvalue weighted by Gasteiger charge is -2.03. The van der Waals surface area contributed by atoms with Gasteiger partial charge in [-0.2, -0.15) is 0 Å². The van der Waals surface area contributed by atoms with Crippen LogP contribution in [0.4, 0.5) is 14.6 Å². The van der Waals surface area contributed by atoms with Crippen LogP contribution in [0.2, 0.25) is 0 Å². The zero-order valence-electron chi connectivity index (χ0n) is 8.84. The summed E-state index contributed by atoms with van der Waals surface area (Å²) in [5.74, 6) is -0.844. The molecule has 0 fully saturated rings. The van der Waals surface area contributed by atoms with Crippen molar-refractivity contribution in [2.24, 2.45) is 0 Å². The molecule has 1 aromatic carbocycles. The van der Waals surface area contributed by atoms with Gasteiger partial charge in [-0.05, 0) is 25.5 Å². The highest BCUT2D eigenvalue weighted by Gasteiger charge is 2.17. The van der Waals surface area contributed by atoms with Gasteiger partial charge in [0.15, 0.2) is 11.6 Å². The summed E-state index contributed by atoms with van der Waals surface area (Å²) in [6.07, 6.45) is 0. The monoisotopic (exact) mass is 224 g/mol. The molecule has 0 radical (unpaired) electrons. The van der Waals surface area contributed by atoms with Gasteiger partial charge in [0.05, 0.1) is 5.56 Å². The number of hydrogen-bond acceptors (Lipinski definition) is 3. The number of rotatable bonds is 1. The van der Waals surface area contributed by atoms with Gasteiger partial charge < -0.3 is 10.3 Å². The Morgan fingerprint density at radius 1 is 1.19 bits per heavy atom. The molecule has 0 aliphatic carbocycles. The molecule has 0 saturated heterocycles. The van der Waals surface area contributed by atoms with Gasteiger partial charge in [-0.25, -0.2) is 8.78 Å². The second-order valence-electron chi connectivity index (χ2n) is 3.60. The smallest absolute Gasteiger partial charge is 0.174 e. The van der Waals surface area contributed by atoms with Gasteiger partial charge in [0.1, 0.15) is 11.6 Å². The molecule has 0 atom stereocenters. The minimum absolute atomic E-state index is 0.167. The molecule has 2 N–H and O–H groups in total. The lowest BCUT2D eigenvalue weighted by molar-refractivity contribution is 0.432. The van der Waals surface area contributed by atoms with E-state index in [-0.39, 0.29) is 17.1 Å². The number of benzene rings is 1. The lowest BCUT2D eigenvalue weighted by atomic mass is 10.1. The first kappa shape index (κ1) is 10.6. The number of halogens is 2. The zero-order valence-corrected chi connectivity index (χ0v) is 8.84. The SMILES string of the molecule is Cc1cc(-c2onc(N)c2C)c(F)cc1F. The van der Waals surface area contributed by atoms with E-state index in [1.165, 1.54) is 6.07 Å². The van der Waals surface area contributed by atoms with E-state index in [9.17, 15) is 8.78 Å². The molecule has 0 aliphatic rings. The first-order chi connectivity index (χ1) is 7.50. The van der Waals surface area contributed by atoms with Crippen LogP contribution in [0.15, 0.2) is 16.7 Å². The van der Waals surface area contributed by atoms with Crippen molar-refractivity contribution < 1.29 is 13.3 Å². The maximum atomic E-state index is 13.5. The number of nitrogens with zero attached hydrogens (tertiary/aromatic N) is 1. The van der Waals surface area contributed by atoms with Crippen molar-refractivity contribution in [3.8, 4) is 11.3 Å². The highest BCUT2D eigenvalue weighted by atomic mass is 19.1. The first-order valence-corrected chi connectivity index (χ1v) is 4.68. The average molecular weight is 224 g/mol. The van der Waals surface area contributed by atoms with E-state index in [0.29, 0.717) is 11.1 Å². The third kappa shape index (κ3) is 1.54. The van der Waals surface area contributed by atoms with Crippen molar-refractivity contribution in [3.05, 3.63) is 34.9 Å². The third-order valence-corrected chi connectivity index (χ3v) is 2.45. The molecule has 2 aromatic rings. The summed E-state index contributed by atoms with van der Waals surface area (Å²) in [4.78, 5) is 0. The molecule has 1 heterocycles. The van der Waals surface area contributed by atoms with Gasteiger partial charge >= 0.3 is 0 Å². The molecule has 0 amide bonds. The fourth-order valence-electron chi connectivity index (χ4n) is 1.43. The van der Waals surface area contributed by atoms with Crippen molar-refractivity contribution in [3.63, 3.8) is 0 Å². The van der Waals surface area contributed by atoms with Crippen LogP contribution in [0.25, 0.3) is 11.3 Å². The number of hydrogen-bond donors (Lipinski definition) is 1. The summed E-state index contributed by atoms with van der Waals surface area (Å²) in [6.45, 7) is 3.21. The summed E-state index contributed by atoms with van der Waals surface area (Å²) < 4.78 is 31.5. The van der Waals surface area contributed by atoms with Gasteiger partial charge in [0, 0.05) is 11.6 Å². The number of aromatic nitrogens is 1. The van der Waals surface area contributed by atoms with E-state index in [2.05, 4.69) is 5.16 Å². The fraction of sp³-hybridized carbons (Fsp3) is 0.182. The average Bonchev–Trinajstić information content (AvgIpc) is 2.54. The fourth-order valence-corrected chi connectivity index (χ4v) is 1.43. The number of aryl methyl sites for hydroxylation is 1. The Morgan fingerprint density at radius 3 is 2.44 bits per heavy atom. The molecule has 84 valence electrons. The Kier molecular flexibility index (Phi) is 2.38. The van der Waals surface area contributed by atoms with Crippen LogP contribution in [0.5, 0.6) is 0 Å². The van der Waals surface area contributed by atoms with Gasteiger partial charge in [-0.15, -0.1) is 0 Å². The van der Waals surface area contributed by atoms with Crippen LogP contribution in [-0.4, -0.2) is 5.16 Å². The van der Waals surface area contributed by atoms with Gasteiger partial charge in [-0.1, -0.05) is 5.16 Å². The standard InChI is InChI=1S/C11H10F2N2O/c1-5-3-7(9(13)4-8(5)12)10-6(2)11(14)15-16-10/h3-4H,1-2H3,(H2,14,15). The maximum absolute atomic E-state index is 13.5. The Bertz CT molecular complexity index is 549. The number of anilines is 1. The summed E-state index contributed by atoms with van der Waals surface area (Å²) >= 11 is 0. The second-order valence-corrected chi connectivity index (χ2v) is 3.60. The van der Waals surface area contributed by atoms with Crippen molar-refractivity contribution in [1.29, 1.82) is 0 Å². The molecule has 3 nitrogen and oxygen atoms in total. The van der Waals surface area contributed by atoms with E-state index < -0.39 is 11.6 Å². The largest absolute Gasteiger partial charge is 0.381 e. The normalized spacial score (nSPS) is 10.8. The van der Waals surface area contributed by atoms with Crippen molar-refractivity contribution in [2.45, 2.75) is 13.8 Å². The maximum Gasteiger partial charge on any atom is 0.174 e. The molecule has 0 bridgehead atoms. The molecule has 2 rings (SSSR count). The van der Waals surface area contributed by atoms with Crippen LogP contribution >= 0.6 is 0 Å². The molecule has 0 spiro atoms. The Balaban J connectivity index is 2.65. The quantitative estimate of drug-likeness (QED) is 0.810. The Morgan fingerprint density at radius 2 is 1.88 bits per heavy atom. The first-order valence-electron chi connectivity index (χ1n) is 4.68. The lowest BCUT2D eigenvalue weighted by Crippen LogP contribution is -1.91. The Hall–Kier alpha value is -1.91. The van der Waals surface area contributed by atoms with Crippen LogP contribution in [0.1, 0.15) is 11.1 Å². The minimum atomic E-state index is -0.692. The number of nitrogens with two attached hydrogens (primary N) is 1. The second kappa shape index (κ2) is 3.59. The van der Waals surface area contributed by atoms with Crippen molar-refractivity contribution in [2.75, 3.05) is 5.73 Å². The molecule has 1 aromatic heterocycles. The van der Waals surface area contributed by atoms with Crippen LogP contribution in [-0.2, 0) is 0 Å². The van der Waals surface area contributed by atoms with Gasteiger partial charge in [-0.3, -0.25) is 0 Å². The minimum Gasteiger partial charge on any atom is -0.381 e. The summed E-state index contributed by atoms with van der Waals surface area (Å²) in [7, 11) is 0. The van der Waals surface area contributed by atoms with Crippen molar-refractivity contribution >= 4 is 5.82 Å². The van der Waals surface area contributed by atoms with Gasteiger partial charge in [0.2, 0.25) is 0 Å². The van der Waals surface area contributed by atoms with Crippen LogP contribution in [0.3, 0.4) is 0 Å². The third-order valence-electron chi connectivity index (χ3n) is 2.45. The molecular weight excluding hydrogens is 214 g/mol. The predicted molar refractivity (Wildman–Crippen MR) is 55.7 cm³/mol. The van der Waals surface area contributed by atoms with Crippen molar-refractivity contribution in [1.82, 2.24) is 5.16 Å². The molecule has 0 aliphatic heterocycles. The molecule has 16 heavy (non-hydrogen) atoms.